The van der Waals surface area contributed by atoms with E-state index < -0.39 is 0 Å². The van der Waals surface area contributed by atoms with Crippen molar-refractivity contribution < 1.29 is 4.79 Å². The van der Waals surface area contributed by atoms with E-state index in [1.54, 1.807) is 0 Å². The normalized spacial score (nSPS) is 21.3. The van der Waals surface area contributed by atoms with E-state index in [9.17, 15) is 4.79 Å². The number of aryl methyl sites for hydroxylation is 1. The summed E-state index contributed by atoms with van der Waals surface area (Å²) >= 11 is 0. The average Bonchev–Trinajstić information content (AvgIpc) is 3.38. The van der Waals surface area contributed by atoms with Crippen LogP contribution < -0.4 is 5.32 Å². The number of amides is 1. The van der Waals surface area contributed by atoms with Crippen LogP contribution in [0.25, 0.3) is 0 Å². The number of nitrogens with one attached hydrogen (secondary N) is 1. The third kappa shape index (κ3) is 3.20. The van der Waals surface area contributed by atoms with Crippen molar-refractivity contribution in [1.82, 2.24) is 29.4 Å². The smallest absolute Gasteiger partial charge is 0.293 e. The van der Waals surface area contributed by atoms with Crippen molar-refractivity contribution in [2.45, 2.75) is 19.5 Å². The summed E-state index contributed by atoms with van der Waals surface area (Å²) < 4.78 is 3.85. The minimum atomic E-state index is -0.200. The van der Waals surface area contributed by atoms with Crippen molar-refractivity contribution in [2.24, 2.45) is 18.9 Å². The highest BCUT2D eigenvalue weighted by Crippen LogP contribution is 2.33. The predicted molar refractivity (Wildman–Crippen MR) is 104 cm³/mol. The van der Waals surface area contributed by atoms with Crippen LogP contribution in [0.2, 0.25) is 0 Å². The Balaban J connectivity index is 1.28. The first-order chi connectivity index (χ1) is 13.7. The molecule has 8 nitrogen and oxygen atoms in total. The molecular formula is C20H23N7O. The van der Waals surface area contributed by atoms with Crippen LogP contribution >= 0.6 is 0 Å². The molecule has 1 saturated heterocycles. The number of carbonyl (C=O) groups is 1. The predicted octanol–water partition coefficient (Wildman–Crippen LogP) is 1.57. The van der Waals surface area contributed by atoms with Gasteiger partial charge in [-0.05, 0) is 24.0 Å². The van der Waals surface area contributed by atoms with Crippen LogP contribution in [0.5, 0.6) is 0 Å². The molecule has 0 spiro atoms. The maximum Gasteiger partial charge on any atom is 0.293 e. The Morgan fingerprint density at radius 3 is 2.75 bits per heavy atom. The van der Waals surface area contributed by atoms with Crippen LogP contribution in [0.3, 0.4) is 0 Å². The Bertz CT molecular complexity index is 993. The Labute approximate surface area is 163 Å². The molecule has 1 fully saturated rings. The molecule has 28 heavy (non-hydrogen) atoms. The second-order valence-electron chi connectivity index (χ2n) is 7.81. The lowest BCUT2D eigenvalue weighted by Gasteiger charge is -2.25. The van der Waals surface area contributed by atoms with Crippen LogP contribution in [0.15, 0.2) is 42.7 Å². The van der Waals surface area contributed by atoms with Crippen LogP contribution in [0, 0.1) is 11.8 Å². The Morgan fingerprint density at radius 1 is 1.14 bits per heavy atom. The number of anilines is 1. The zero-order valence-corrected chi connectivity index (χ0v) is 15.8. The molecule has 144 valence electrons. The van der Waals surface area contributed by atoms with Gasteiger partial charge in [-0.2, -0.15) is 5.10 Å². The molecule has 2 aromatic heterocycles. The molecule has 5 rings (SSSR count). The highest BCUT2D eigenvalue weighted by Gasteiger charge is 2.39. The van der Waals surface area contributed by atoms with Gasteiger partial charge >= 0.3 is 0 Å². The van der Waals surface area contributed by atoms with Crippen molar-refractivity contribution in [3.8, 4) is 0 Å². The highest BCUT2D eigenvalue weighted by molar-refractivity contribution is 6.01. The van der Waals surface area contributed by atoms with Gasteiger partial charge < -0.3 is 9.88 Å². The van der Waals surface area contributed by atoms with E-state index in [4.69, 9.17) is 0 Å². The molecule has 4 heterocycles. The number of hydrogen-bond acceptors (Lipinski definition) is 5. The largest absolute Gasteiger partial charge is 0.319 e. The number of rotatable bonds is 4. The summed E-state index contributed by atoms with van der Waals surface area (Å²) in [6.07, 6.45) is 4.88. The summed E-state index contributed by atoms with van der Waals surface area (Å²) in [5.41, 5.74) is 2.01. The lowest BCUT2D eigenvalue weighted by Crippen LogP contribution is -2.31. The molecule has 0 unspecified atom stereocenters. The molecule has 2 aliphatic rings. The Morgan fingerprint density at radius 2 is 1.96 bits per heavy atom. The second-order valence-corrected chi connectivity index (χ2v) is 7.81. The van der Waals surface area contributed by atoms with Crippen LogP contribution in [0.4, 0.5) is 5.69 Å². The van der Waals surface area contributed by atoms with E-state index >= 15 is 0 Å². The first-order valence-corrected chi connectivity index (χ1v) is 9.64. The summed E-state index contributed by atoms with van der Waals surface area (Å²) in [5, 5.41) is 15.7. The maximum atomic E-state index is 12.7. The summed E-state index contributed by atoms with van der Waals surface area (Å²) in [5.74, 6) is 2.21. The number of fused-ring (bicyclic) bond motifs is 2. The molecule has 0 bridgehead atoms. The molecule has 0 radical (unpaired) electrons. The van der Waals surface area contributed by atoms with E-state index in [2.05, 4.69) is 31.7 Å². The quantitative estimate of drug-likeness (QED) is 0.746. The van der Waals surface area contributed by atoms with Gasteiger partial charge in [0.2, 0.25) is 5.82 Å². The van der Waals surface area contributed by atoms with Gasteiger partial charge in [0.1, 0.15) is 5.82 Å². The van der Waals surface area contributed by atoms with Crippen LogP contribution in [-0.4, -0.2) is 48.4 Å². The molecule has 3 aromatic rings. The van der Waals surface area contributed by atoms with Gasteiger partial charge in [-0.1, -0.05) is 18.2 Å². The minimum absolute atomic E-state index is 0.200. The molecule has 1 N–H and O–H groups in total. The van der Waals surface area contributed by atoms with Gasteiger partial charge in [-0.3, -0.25) is 14.4 Å². The summed E-state index contributed by atoms with van der Waals surface area (Å²) in [6, 6.07) is 9.46. The van der Waals surface area contributed by atoms with E-state index in [0.717, 1.165) is 44.1 Å². The van der Waals surface area contributed by atoms with E-state index in [-0.39, 0.29) is 5.91 Å². The van der Waals surface area contributed by atoms with Crippen molar-refractivity contribution in [3.63, 3.8) is 0 Å². The number of para-hydroxylation sites is 1. The second kappa shape index (κ2) is 6.87. The number of likely N-dealkylation sites (tertiary alicyclic amines) is 1. The summed E-state index contributed by atoms with van der Waals surface area (Å²) in [6.45, 7) is 3.80. The number of carbonyl (C=O) groups excluding carboxylic acids is 1. The number of nitrogens with zero attached hydrogens (tertiary/aromatic N) is 6. The zero-order chi connectivity index (χ0) is 19.1. The molecular weight excluding hydrogens is 354 g/mol. The van der Waals surface area contributed by atoms with Crippen LogP contribution in [-0.2, 0) is 26.6 Å². The summed E-state index contributed by atoms with van der Waals surface area (Å²) in [7, 11) is 1.95. The monoisotopic (exact) mass is 377 g/mol. The molecule has 0 aliphatic carbocycles. The van der Waals surface area contributed by atoms with Crippen LogP contribution in [0.1, 0.15) is 22.0 Å². The fraction of sp³-hybridized carbons (Fsp3) is 0.400. The Hall–Kier alpha value is -3.00. The highest BCUT2D eigenvalue weighted by atomic mass is 16.2. The third-order valence-electron chi connectivity index (χ3n) is 5.74. The van der Waals surface area contributed by atoms with Gasteiger partial charge in [0.25, 0.3) is 5.91 Å². The average molecular weight is 377 g/mol. The number of benzene rings is 1. The molecule has 8 heteroatoms. The Kier molecular flexibility index (Phi) is 4.20. The van der Waals surface area contributed by atoms with Gasteiger partial charge in [0.05, 0.1) is 6.20 Å². The van der Waals surface area contributed by atoms with Crippen molar-refractivity contribution in [3.05, 3.63) is 59.9 Å². The first kappa shape index (κ1) is 17.1. The molecule has 1 amide bonds. The number of aromatic nitrogens is 5. The molecule has 1 aromatic carbocycles. The van der Waals surface area contributed by atoms with Crippen molar-refractivity contribution >= 4 is 11.6 Å². The van der Waals surface area contributed by atoms with E-state index in [1.165, 1.54) is 5.56 Å². The van der Waals surface area contributed by atoms with Gasteiger partial charge in [-0.25, -0.2) is 0 Å². The van der Waals surface area contributed by atoms with Crippen molar-refractivity contribution in [2.75, 3.05) is 18.4 Å². The molecule has 2 aliphatic heterocycles. The lowest BCUT2D eigenvalue weighted by atomic mass is 9.89. The third-order valence-corrected chi connectivity index (χ3v) is 5.74. The van der Waals surface area contributed by atoms with Crippen molar-refractivity contribution in [1.29, 1.82) is 0 Å². The lowest BCUT2D eigenvalue weighted by molar-refractivity contribution is 0.100. The molecule has 2 atom stereocenters. The summed E-state index contributed by atoms with van der Waals surface area (Å²) in [4.78, 5) is 15.2. The number of hydrogen-bond donors (Lipinski definition) is 1. The van der Waals surface area contributed by atoms with E-state index in [0.29, 0.717) is 17.7 Å². The standard InChI is InChI=1S/C20H23N7O/c1-25-9-14(8-21-25)10-26-11-15-7-18-23-24-19(27(18)13-16(15)12-26)20(28)22-17-5-3-2-4-6-17/h2-6,8-9,15-16H,7,10-13H2,1H3,(H,22,28)/t15-,16+/m0/s1. The fourth-order valence-corrected chi connectivity index (χ4v) is 4.44. The van der Waals surface area contributed by atoms with Gasteiger partial charge in [-0.15, -0.1) is 10.2 Å². The maximum absolute atomic E-state index is 12.7. The fourth-order valence-electron chi connectivity index (χ4n) is 4.44. The topological polar surface area (TPSA) is 80.9 Å². The molecule has 0 saturated carbocycles. The van der Waals surface area contributed by atoms with E-state index in [1.807, 2.05) is 52.8 Å². The van der Waals surface area contributed by atoms with Gasteiger partial charge in [0, 0.05) is 57.1 Å². The zero-order valence-electron chi connectivity index (χ0n) is 15.8. The SMILES string of the molecule is Cn1cc(CN2C[C@@H]3Cn4c(nnc4C(=O)Nc4ccccc4)C[C@H]3C2)cn1. The first-order valence-electron chi connectivity index (χ1n) is 9.64. The van der Waals surface area contributed by atoms with Gasteiger partial charge in [0.15, 0.2) is 0 Å². The minimum Gasteiger partial charge on any atom is -0.319 e.